The lowest BCUT2D eigenvalue weighted by atomic mass is 10.3. The van der Waals surface area contributed by atoms with E-state index < -0.39 is 0 Å². The van der Waals surface area contributed by atoms with Crippen molar-refractivity contribution in [1.29, 1.82) is 0 Å². The Morgan fingerprint density at radius 1 is 1.07 bits per heavy atom. The van der Waals surface area contributed by atoms with Gasteiger partial charge in [-0.3, -0.25) is 9.69 Å². The normalized spacial score (nSPS) is 11.0. The fraction of sp³-hybridized carbons (Fsp3) is 0.333. The summed E-state index contributed by atoms with van der Waals surface area (Å²) in [4.78, 5) is 22.4. The van der Waals surface area contributed by atoms with E-state index in [4.69, 9.17) is 23.2 Å². The van der Waals surface area contributed by atoms with Gasteiger partial charge in [0.1, 0.15) is 5.52 Å². The number of thiazole rings is 1. The lowest BCUT2D eigenvalue weighted by Crippen LogP contribution is -2.38. The van der Waals surface area contributed by atoms with E-state index in [-0.39, 0.29) is 18.3 Å². The van der Waals surface area contributed by atoms with Crippen LogP contribution in [0, 0.1) is 0 Å². The van der Waals surface area contributed by atoms with Crippen molar-refractivity contribution in [3.63, 3.8) is 0 Å². The highest BCUT2D eigenvalue weighted by Gasteiger charge is 2.23. The average molecular weight is 465 g/mol. The topological polar surface area (TPSA) is 36.4 Å². The van der Waals surface area contributed by atoms with Gasteiger partial charge in [0.05, 0.1) is 18.9 Å². The number of halogens is 3. The summed E-state index contributed by atoms with van der Waals surface area (Å²) in [5, 5.41) is 1.26. The number of thiophene rings is 1. The van der Waals surface area contributed by atoms with Gasteiger partial charge < -0.3 is 4.90 Å². The van der Waals surface area contributed by atoms with Crippen molar-refractivity contribution in [2.75, 3.05) is 31.1 Å². The molecule has 1 amide bonds. The van der Waals surface area contributed by atoms with Crippen molar-refractivity contribution in [2.24, 2.45) is 0 Å². The van der Waals surface area contributed by atoms with Crippen molar-refractivity contribution in [3.8, 4) is 0 Å². The summed E-state index contributed by atoms with van der Waals surface area (Å²) in [6.45, 7) is 7.46. The van der Waals surface area contributed by atoms with Crippen molar-refractivity contribution in [1.82, 2.24) is 9.88 Å². The Hall–Kier alpha value is -0.890. The number of carbonyl (C=O) groups is 1. The minimum absolute atomic E-state index is 0. The largest absolute Gasteiger partial charge is 0.302 e. The number of aromatic nitrogens is 1. The van der Waals surface area contributed by atoms with Gasteiger partial charge in [-0.2, -0.15) is 0 Å². The van der Waals surface area contributed by atoms with Crippen LogP contribution in [0.2, 0.25) is 9.36 Å². The first kappa shape index (κ1) is 22.4. The molecule has 1 aromatic carbocycles. The fourth-order valence-corrected chi connectivity index (χ4v) is 4.93. The molecule has 146 valence electrons. The zero-order chi connectivity index (χ0) is 18.7. The number of amides is 1. The van der Waals surface area contributed by atoms with Crippen LogP contribution >= 0.6 is 58.3 Å². The number of anilines is 1. The molecule has 2 aromatic heterocycles. The Morgan fingerprint density at radius 2 is 1.81 bits per heavy atom. The standard InChI is InChI=1S/C18H19Cl2N3OS2.ClH/c1-3-22(4-2)10-11-23(17(24)14-8-9-15(20)25-14)18-21-16-12(19)6-5-7-13(16)26-18;/h5-9H,3-4,10-11H2,1-2H3;1H. The van der Waals surface area contributed by atoms with Crippen molar-refractivity contribution >= 4 is 79.5 Å². The monoisotopic (exact) mass is 463 g/mol. The molecule has 4 nitrogen and oxygen atoms in total. The van der Waals surface area contributed by atoms with Crippen LogP contribution in [0.4, 0.5) is 5.13 Å². The maximum atomic E-state index is 13.1. The van der Waals surface area contributed by atoms with E-state index in [2.05, 4.69) is 23.7 Å². The Balaban J connectivity index is 0.00000261. The molecule has 27 heavy (non-hydrogen) atoms. The van der Waals surface area contributed by atoms with E-state index in [1.807, 2.05) is 18.2 Å². The SMILES string of the molecule is CCN(CC)CCN(C(=O)c1ccc(Cl)s1)c1nc2c(Cl)cccc2s1.Cl. The van der Waals surface area contributed by atoms with Gasteiger partial charge in [-0.05, 0) is 37.4 Å². The van der Waals surface area contributed by atoms with Crippen molar-refractivity contribution in [3.05, 3.63) is 44.6 Å². The number of hydrogen-bond donors (Lipinski definition) is 0. The highest BCUT2D eigenvalue weighted by Crippen LogP contribution is 2.34. The Bertz CT molecular complexity index is 908. The van der Waals surface area contributed by atoms with E-state index in [0.717, 1.165) is 29.9 Å². The van der Waals surface area contributed by atoms with Crippen LogP contribution in [0.25, 0.3) is 10.2 Å². The molecule has 0 unspecified atom stereocenters. The molecule has 0 atom stereocenters. The summed E-state index contributed by atoms with van der Waals surface area (Å²) >= 11 is 15.1. The average Bonchev–Trinajstić information content (AvgIpc) is 3.25. The molecule has 0 aliphatic heterocycles. The molecule has 3 rings (SSSR count). The van der Waals surface area contributed by atoms with E-state index in [0.29, 0.717) is 25.9 Å². The van der Waals surface area contributed by atoms with Crippen LogP contribution in [0.15, 0.2) is 30.3 Å². The second-order valence-corrected chi connectivity index (χ2v) is 8.80. The first-order chi connectivity index (χ1) is 12.5. The second kappa shape index (κ2) is 10.0. The van der Waals surface area contributed by atoms with Crippen LogP contribution in [0.1, 0.15) is 23.5 Å². The number of carbonyl (C=O) groups excluding carboxylic acids is 1. The Morgan fingerprint density at radius 3 is 2.41 bits per heavy atom. The zero-order valence-corrected chi connectivity index (χ0v) is 18.9. The summed E-state index contributed by atoms with van der Waals surface area (Å²) in [7, 11) is 0. The molecular weight excluding hydrogens is 445 g/mol. The van der Waals surface area contributed by atoms with Gasteiger partial charge in [0.2, 0.25) is 0 Å². The third-order valence-electron chi connectivity index (χ3n) is 4.15. The molecule has 0 radical (unpaired) electrons. The third-order valence-corrected chi connectivity index (χ3v) is 6.72. The first-order valence-electron chi connectivity index (χ1n) is 8.38. The molecule has 0 aliphatic rings. The smallest absolute Gasteiger partial charge is 0.270 e. The molecule has 0 saturated carbocycles. The maximum absolute atomic E-state index is 13.1. The maximum Gasteiger partial charge on any atom is 0.270 e. The van der Waals surface area contributed by atoms with Gasteiger partial charge in [-0.1, -0.05) is 54.5 Å². The summed E-state index contributed by atoms with van der Waals surface area (Å²) in [6.07, 6.45) is 0. The molecule has 0 bridgehead atoms. The van der Waals surface area contributed by atoms with Gasteiger partial charge in [0.15, 0.2) is 5.13 Å². The molecular formula is C18H20Cl3N3OS2. The molecule has 0 spiro atoms. The van der Waals surface area contributed by atoms with Crippen LogP contribution in [-0.2, 0) is 0 Å². The number of para-hydroxylation sites is 1. The minimum Gasteiger partial charge on any atom is -0.302 e. The molecule has 0 fully saturated rings. The Labute approximate surface area is 183 Å². The highest BCUT2D eigenvalue weighted by molar-refractivity contribution is 7.22. The number of fused-ring (bicyclic) bond motifs is 1. The van der Waals surface area contributed by atoms with E-state index in [9.17, 15) is 4.79 Å². The number of likely N-dealkylation sites (N-methyl/N-ethyl adjacent to an activating group) is 1. The van der Waals surface area contributed by atoms with Crippen LogP contribution < -0.4 is 4.90 Å². The molecule has 3 aromatic rings. The molecule has 2 heterocycles. The lowest BCUT2D eigenvalue weighted by Gasteiger charge is -2.24. The number of benzene rings is 1. The zero-order valence-electron chi connectivity index (χ0n) is 14.9. The predicted molar refractivity (Wildman–Crippen MR) is 121 cm³/mol. The molecule has 9 heteroatoms. The number of hydrogen-bond acceptors (Lipinski definition) is 5. The van der Waals surface area contributed by atoms with Crippen LogP contribution in [0.5, 0.6) is 0 Å². The Kier molecular flexibility index (Phi) is 8.34. The predicted octanol–water partition coefficient (Wildman–Crippen LogP) is 6.08. The van der Waals surface area contributed by atoms with Crippen molar-refractivity contribution < 1.29 is 4.79 Å². The van der Waals surface area contributed by atoms with Crippen LogP contribution in [0.3, 0.4) is 0 Å². The second-order valence-electron chi connectivity index (χ2n) is 5.67. The van der Waals surface area contributed by atoms with E-state index >= 15 is 0 Å². The third kappa shape index (κ3) is 5.13. The summed E-state index contributed by atoms with van der Waals surface area (Å²) in [5.74, 6) is -0.0794. The van der Waals surface area contributed by atoms with Gasteiger partial charge in [-0.25, -0.2) is 4.98 Å². The van der Waals surface area contributed by atoms with Crippen LogP contribution in [-0.4, -0.2) is 42.0 Å². The van der Waals surface area contributed by atoms with E-state index in [1.54, 1.807) is 17.0 Å². The number of rotatable bonds is 7. The molecule has 0 saturated heterocycles. The highest BCUT2D eigenvalue weighted by atomic mass is 35.5. The minimum atomic E-state index is -0.0794. The van der Waals surface area contributed by atoms with Gasteiger partial charge in [-0.15, -0.1) is 23.7 Å². The summed E-state index contributed by atoms with van der Waals surface area (Å²) in [5.41, 5.74) is 0.735. The van der Waals surface area contributed by atoms with Gasteiger partial charge in [0.25, 0.3) is 5.91 Å². The fourth-order valence-electron chi connectivity index (χ4n) is 2.65. The van der Waals surface area contributed by atoms with Gasteiger partial charge >= 0.3 is 0 Å². The van der Waals surface area contributed by atoms with Gasteiger partial charge in [0, 0.05) is 13.1 Å². The lowest BCUT2D eigenvalue weighted by molar-refractivity contribution is 0.0987. The summed E-state index contributed by atoms with van der Waals surface area (Å²) < 4.78 is 1.57. The first-order valence-corrected chi connectivity index (χ1v) is 10.8. The van der Waals surface area contributed by atoms with E-state index in [1.165, 1.54) is 22.7 Å². The summed E-state index contributed by atoms with van der Waals surface area (Å²) in [6, 6.07) is 9.19. The van der Waals surface area contributed by atoms with Crippen molar-refractivity contribution in [2.45, 2.75) is 13.8 Å². The number of nitrogens with zero attached hydrogens (tertiary/aromatic N) is 3. The quantitative estimate of drug-likeness (QED) is 0.425. The molecule has 0 aliphatic carbocycles. The molecule has 0 N–H and O–H groups in total.